The zero-order chi connectivity index (χ0) is 34.0. The van der Waals surface area contributed by atoms with E-state index in [0.29, 0.717) is 0 Å². The van der Waals surface area contributed by atoms with Crippen LogP contribution in [0.3, 0.4) is 0 Å². The van der Waals surface area contributed by atoms with Crippen molar-refractivity contribution in [2.75, 3.05) is 4.90 Å². The molecular formula is C51H25N3. The Balaban J connectivity index is 1.10. The predicted molar refractivity (Wildman–Crippen MR) is 218 cm³/mol. The average Bonchev–Trinajstić information content (AvgIpc) is 3.88. The van der Waals surface area contributed by atoms with Gasteiger partial charge >= 0.3 is 0 Å². The third-order valence-corrected chi connectivity index (χ3v) is 14.8. The van der Waals surface area contributed by atoms with E-state index in [1.165, 1.54) is 144 Å². The third kappa shape index (κ3) is 2.22. The standard InChI is InChI=1S/C51H25N3/c1-3-9-27-23(7-1)29-11-5-13-31-33-19-21-37-43-39-35(47(27)53(45(29)31)49(33)43)17-15-25-26-16-18-36-40-42(26)51(41(25)39)52(37)38-22-20-34-32-14-6-12-30-24-8-2-4-10-28(24)48(36)54(46(30)32)50(34)44(38)40/h1-22,47-48,51H. The number of hydrogen-bond acceptors (Lipinski definition) is 1. The molecule has 17 rings (SSSR count). The van der Waals surface area contributed by atoms with Gasteiger partial charge in [-0.2, -0.15) is 0 Å². The monoisotopic (exact) mass is 679 g/mol. The van der Waals surface area contributed by atoms with E-state index in [2.05, 4.69) is 147 Å². The second-order valence-electron chi connectivity index (χ2n) is 16.6. The Bertz CT molecular complexity index is 3410. The Morgan fingerprint density at radius 2 is 0.759 bits per heavy atom. The van der Waals surface area contributed by atoms with Crippen molar-refractivity contribution >= 4 is 55.0 Å². The Hall–Kier alpha value is -6.84. The molecular weight excluding hydrogens is 655 g/mol. The number of fused-ring (bicyclic) bond motifs is 13. The summed E-state index contributed by atoms with van der Waals surface area (Å²) >= 11 is 0. The maximum absolute atomic E-state index is 2.77. The van der Waals surface area contributed by atoms with Crippen LogP contribution in [0.15, 0.2) is 133 Å². The SMILES string of the molecule is c1ccc2c(c1)-c1cccc3c4ccc5c6c4n(c13)C2c1ccc2c(c1-6)C1c3c-2ccc2c3-c3c(ccc4c6cccc7c6n(c34)C2c2ccccc2-7)N51. The van der Waals surface area contributed by atoms with Crippen LogP contribution >= 0.6 is 0 Å². The Morgan fingerprint density at radius 1 is 0.296 bits per heavy atom. The van der Waals surface area contributed by atoms with Crippen LogP contribution in [0.2, 0.25) is 0 Å². The molecule has 10 aromatic rings. The predicted octanol–water partition coefficient (Wildman–Crippen LogP) is 12.6. The summed E-state index contributed by atoms with van der Waals surface area (Å²) in [6.45, 7) is 0. The second-order valence-corrected chi connectivity index (χ2v) is 16.6. The highest BCUT2D eigenvalue weighted by Crippen LogP contribution is 2.71. The van der Waals surface area contributed by atoms with Gasteiger partial charge in [-0.05, 0) is 78.9 Å². The fourth-order valence-corrected chi connectivity index (χ4v) is 13.2. The summed E-state index contributed by atoms with van der Waals surface area (Å²) in [6, 6.07) is 52.5. The zero-order valence-corrected chi connectivity index (χ0v) is 28.8. The lowest BCUT2D eigenvalue weighted by atomic mass is 9.73. The molecule has 0 spiro atoms. The molecule has 2 aromatic heterocycles. The van der Waals surface area contributed by atoms with Crippen LogP contribution in [-0.2, 0) is 0 Å². The topological polar surface area (TPSA) is 13.1 Å². The summed E-state index contributed by atoms with van der Waals surface area (Å²) in [5.74, 6) is 0. The van der Waals surface area contributed by atoms with Crippen LogP contribution in [0.5, 0.6) is 0 Å². The van der Waals surface area contributed by atoms with Gasteiger partial charge in [-0.1, -0.05) is 121 Å². The summed E-state index contributed by atoms with van der Waals surface area (Å²) in [5.41, 5.74) is 31.1. The largest absolute Gasteiger partial charge is 0.328 e. The van der Waals surface area contributed by atoms with Crippen LogP contribution in [-0.4, -0.2) is 9.13 Å². The highest BCUT2D eigenvalue weighted by Gasteiger charge is 2.52. The molecule has 8 aromatic carbocycles. The number of rotatable bonds is 0. The highest BCUT2D eigenvalue weighted by atomic mass is 15.2. The highest BCUT2D eigenvalue weighted by molar-refractivity contribution is 6.25. The van der Waals surface area contributed by atoms with Crippen LogP contribution in [0, 0.1) is 0 Å². The van der Waals surface area contributed by atoms with E-state index in [0.717, 1.165) is 0 Å². The van der Waals surface area contributed by atoms with E-state index in [1.807, 2.05) is 0 Å². The van der Waals surface area contributed by atoms with Gasteiger partial charge in [0.1, 0.15) is 0 Å². The van der Waals surface area contributed by atoms with Crippen LogP contribution in [0.25, 0.3) is 99.2 Å². The smallest absolute Gasteiger partial charge is 0.0869 e. The normalized spacial score (nSPS) is 19.3. The first-order chi connectivity index (χ1) is 26.9. The van der Waals surface area contributed by atoms with Crippen molar-refractivity contribution in [1.82, 2.24) is 9.13 Å². The minimum Gasteiger partial charge on any atom is -0.328 e. The van der Waals surface area contributed by atoms with E-state index in [-0.39, 0.29) is 18.1 Å². The van der Waals surface area contributed by atoms with Gasteiger partial charge < -0.3 is 14.0 Å². The van der Waals surface area contributed by atoms with Crippen molar-refractivity contribution in [2.45, 2.75) is 18.1 Å². The number of benzene rings is 8. The van der Waals surface area contributed by atoms with Crippen molar-refractivity contribution in [3.05, 3.63) is 167 Å². The molecule has 0 N–H and O–H groups in total. The second kappa shape index (κ2) is 7.62. The van der Waals surface area contributed by atoms with Gasteiger partial charge in [-0.3, -0.25) is 0 Å². The van der Waals surface area contributed by atoms with Gasteiger partial charge in [0.25, 0.3) is 0 Å². The molecule has 0 radical (unpaired) electrons. The summed E-state index contributed by atoms with van der Waals surface area (Å²) in [7, 11) is 0. The Labute approximate surface area is 308 Å². The van der Waals surface area contributed by atoms with Crippen molar-refractivity contribution in [3.63, 3.8) is 0 Å². The minimum atomic E-state index is 0.130. The molecule has 1 aliphatic carbocycles. The number of nitrogens with zero attached hydrogens (tertiary/aromatic N) is 3. The zero-order valence-electron chi connectivity index (χ0n) is 28.8. The maximum atomic E-state index is 2.77. The first kappa shape index (κ1) is 25.2. The van der Waals surface area contributed by atoms with E-state index in [1.54, 1.807) is 0 Å². The third-order valence-electron chi connectivity index (χ3n) is 14.8. The maximum Gasteiger partial charge on any atom is 0.0869 e. The molecule has 244 valence electrons. The van der Waals surface area contributed by atoms with Crippen LogP contribution < -0.4 is 4.90 Å². The molecule has 7 aliphatic rings. The first-order valence-corrected chi connectivity index (χ1v) is 19.4. The van der Waals surface area contributed by atoms with E-state index >= 15 is 0 Å². The fraction of sp³-hybridized carbons (Fsp3) is 0.0588. The summed E-state index contributed by atoms with van der Waals surface area (Å²) < 4.78 is 5.46. The molecule has 2 unspecified atom stereocenters. The van der Waals surface area contributed by atoms with Gasteiger partial charge in [0.05, 0.1) is 51.6 Å². The fourth-order valence-electron chi connectivity index (χ4n) is 13.2. The average molecular weight is 680 g/mol. The molecule has 3 nitrogen and oxygen atoms in total. The number of para-hydroxylation sites is 2. The number of hydrogen-bond donors (Lipinski definition) is 0. The quantitative estimate of drug-likeness (QED) is 0.155. The number of aromatic nitrogens is 2. The molecule has 0 amide bonds. The van der Waals surface area contributed by atoms with Crippen molar-refractivity contribution in [1.29, 1.82) is 0 Å². The molecule has 0 saturated carbocycles. The molecule has 0 bridgehead atoms. The van der Waals surface area contributed by atoms with Crippen LogP contribution in [0.4, 0.5) is 11.4 Å². The first-order valence-electron chi connectivity index (χ1n) is 19.4. The van der Waals surface area contributed by atoms with Crippen molar-refractivity contribution < 1.29 is 0 Å². The van der Waals surface area contributed by atoms with Gasteiger partial charge in [0, 0.05) is 43.8 Å². The molecule has 0 saturated heterocycles. The van der Waals surface area contributed by atoms with E-state index < -0.39 is 0 Å². The van der Waals surface area contributed by atoms with Gasteiger partial charge in [-0.25, -0.2) is 0 Å². The molecule has 2 atom stereocenters. The molecule has 0 fully saturated rings. The van der Waals surface area contributed by atoms with Crippen LogP contribution in [0.1, 0.15) is 51.5 Å². The molecule has 54 heavy (non-hydrogen) atoms. The summed E-state index contributed by atoms with van der Waals surface area (Å²) in [4.78, 5) is 2.77. The van der Waals surface area contributed by atoms with E-state index in [9.17, 15) is 0 Å². The van der Waals surface area contributed by atoms with E-state index in [4.69, 9.17) is 0 Å². The van der Waals surface area contributed by atoms with Gasteiger partial charge in [0.15, 0.2) is 0 Å². The molecule has 8 heterocycles. The van der Waals surface area contributed by atoms with Gasteiger partial charge in [0.2, 0.25) is 0 Å². The molecule has 3 heteroatoms. The summed E-state index contributed by atoms with van der Waals surface area (Å²) in [6.07, 6.45) is 0. The molecule has 6 aliphatic heterocycles. The number of anilines is 2. The Kier molecular flexibility index (Phi) is 3.55. The van der Waals surface area contributed by atoms with Crippen molar-refractivity contribution in [2.24, 2.45) is 0 Å². The van der Waals surface area contributed by atoms with Crippen molar-refractivity contribution in [3.8, 4) is 55.6 Å². The lowest BCUT2D eigenvalue weighted by molar-refractivity contribution is 0.701. The van der Waals surface area contributed by atoms with Gasteiger partial charge in [-0.15, -0.1) is 0 Å². The lowest BCUT2D eigenvalue weighted by Gasteiger charge is -2.48. The lowest BCUT2D eigenvalue weighted by Crippen LogP contribution is -2.34. The summed E-state index contributed by atoms with van der Waals surface area (Å²) in [5, 5.41) is 5.47. The minimum absolute atomic E-state index is 0.130. The Morgan fingerprint density at radius 3 is 1.28 bits per heavy atom.